The van der Waals surface area contributed by atoms with Gasteiger partial charge in [0.05, 0.1) is 32.3 Å². The molecule has 0 unspecified atom stereocenters. The topological polar surface area (TPSA) is 0 Å². The zero-order chi connectivity index (χ0) is 37.4. The van der Waals surface area contributed by atoms with E-state index < -0.39 is 6.15 Å². The van der Waals surface area contributed by atoms with E-state index in [1.54, 1.807) is 0 Å². The highest BCUT2D eigenvalue weighted by Crippen LogP contribution is 2.21. The maximum atomic E-state index is 2.34. The van der Waals surface area contributed by atoms with Gasteiger partial charge in [-0.15, -0.1) is 0 Å². The molecule has 292 valence electrons. The normalized spacial score (nSPS) is 11.7. The Morgan fingerprint density at radius 3 is 0.808 bits per heavy atom. The number of rotatable bonds is 30. The standard InChI is InChI=1S/C28H60N.C22H24B/c1-5-9-13-17-21-25-29(26-22-18-14-10-6-2,27-23-19-15-11-7-3)28-24-20-16-12-8-4;1-2-3-19-23(20-13-7-4-8-14-20,21-15-9-5-10-16-21)22-17-11-6-12-18-22/h5-28H2,1-4H3;4-18H,2-3,19H2,1H3/q+1;-1. The third-order valence-corrected chi connectivity index (χ3v) is 12.0. The van der Waals surface area contributed by atoms with Gasteiger partial charge in [-0.3, -0.25) is 0 Å². The Kier molecular flexibility index (Phi) is 26.5. The van der Waals surface area contributed by atoms with Gasteiger partial charge >= 0.3 is 0 Å². The highest BCUT2D eigenvalue weighted by atomic mass is 15.3. The van der Waals surface area contributed by atoms with Crippen LogP contribution in [-0.2, 0) is 0 Å². The molecule has 0 bridgehead atoms. The van der Waals surface area contributed by atoms with Gasteiger partial charge in [0.2, 0.25) is 0 Å². The van der Waals surface area contributed by atoms with Gasteiger partial charge in [-0.05, 0) is 51.4 Å². The van der Waals surface area contributed by atoms with Crippen molar-refractivity contribution >= 4 is 22.5 Å². The van der Waals surface area contributed by atoms with Gasteiger partial charge in [-0.1, -0.05) is 216 Å². The fourth-order valence-electron chi connectivity index (χ4n) is 8.81. The summed E-state index contributed by atoms with van der Waals surface area (Å²) >= 11 is 0. The second kappa shape index (κ2) is 30.1. The highest BCUT2D eigenvalue weighted by molar-refractivity contribution is 7.11. The van der Waals surface area contributed by atoms with Crippen molar-refractivity contribution in [2.24, 2.45) is 0 Å². The molecule has 0 N–H and O–H groups in total. The fourth-order valence-corrected chi connectivity index (χ4v) is 8.81. The van der Waals surface area contributed by atoms with Gasteiger partial charge in [0.15, 0.2) is 0 Å². The maximum absolute atomic E-state index is 2.34. The minimum absolute atomic E-state index is 0.913. The summed E-state index contributed by atoms with van der Waals surface area (Å²) in [7, 11) is 0. The summed E-state index contributed by atoms with van der Waals surface area (Å²) in [5, 5.41) is 0. The summed E-state index contributed by atoms with van der Waals surface area (Å²) in [6, 6.07) is 33.2. The molecule has 0 aromatic heterocycles. The lowest BCUT2D eigenvalue weighted by Crippen LogP contribution is -2.66. The van der Waals surface area contributed by atoms with Crippen molar-refractivity contribution in [3.05, 3.63) is 91.0 Å². The van der Waals surface area contributed by atoms with Crippen LogP contribution in [0.25, 0.3) is 0 Å². The van der Waals surface area contributed by atoms with Crippen LogP contribution in [0.2, 0.25) is 6.32 Å². The number of quaternary nitrogens is 1. The summed E-state index contributed by atoms with van der Waals surface area (Å²) in [6.07, 6.45) is 31.5. The summed E-state index contributed by atoms with van der Waals surface area (Å²) < 4.78 is 1.47. The van der Waals surface area contributed by atoms with Crippen LogP contribution in [0, 0.1) is 0 Å². The van der Waals surface area contributed by atoms with E-state index in [1.165, 1.54) is 195 Å². The van der Waals surface area contributed by atoms with Crippen LogP contribution in [0.15, 0.2) is 91.0 Å². The molecule has 0 spiro atoms. The predicted octanol–water partition coefficient (Wildman–Crippen LogP) is 13.6. The third kappa shape index (κ3) is 17.7. The first-order chi connectivity index (χ1) is 25.6. The van der Waals surface area contributed by atoms with Crippen molar-refractivity contribution in [3.8, 4) is 0 Å². The van der Waals surface area contributed by atoms with E-state index in [4.69, 9.17) is 0 Å². The molecule has 0 saturated carbocycles. The van der Waals surface area contributed by atoms with E-state index in [-0.39, 0.29) is 0 Å². The zero-order valence-electron chi connectivity index (χ0n) is 35.3. The molecular weight excluding hydrogens is 625 g/mol. The van der Waals surface area contributed by atoms with Crippen molar-refractivity contribution in [2.45, 2.75) is 182 Å². The number of benzene rings is 3. The van der Waals surface area contributed by atoms with E-state index in [9.17, 15) is 0 Å². The lowest BCUT2D eigenvalue weighted by molar-refractivity contribution is -0.929. The van der Waals surface area contributed by atoms with Crippen molar-refractivity contribution < 1.29 is 4.48 Å². The van der Waals surface area contributed by atoms with Gasteiger partial charge in [0, 0.05) is 0 Å². The van der Waals surface area contributed by atoms with Crippen LogP contribution in [0.3, 0.4) is 0 Å². The van der Waals surface area contributed by atoms with E-state index in [1.807, 2.05) is 0 Å². The van der Waals surface area contributed by atoms with Crippen LogP contribution in [0.5, 0.6) is 0 Å². The molecule has 3 aromatic rings. The minimum atomic E-state index is -0.913. The third-order valence-electron chi connectivity index (χ3n) is 12.0. The first-order valence-electron chi connectivity index (χ1n) is 22.8. The zero-order valence-corrected chi connectivity index (χ0v) is 35.3. The summed E-state index contributed by atoms with van der Waals surface area (Å²) in [6.45, 7) is 17.5. The molecule has 0 heterocycles. The Morgan fingerprint density at radius 1 is 0.308 bits per heavy atom. The van der Waals surface area contributed by atoms with Crippen LogP contribution in [0.1, 0.15) is 176 Å². The lowest BCUT2D eigenvalue weighted by Gasteiger charge is -2.43. The first kappa shape index (κ1) is 45.8. The SMILES string of the molecule is CCCCCCC[N+](CCCCCCC)(CCCCCCC)CCCCCCC.CCCC[B-](c1ccccc1)(c1ccccc1)c1ccccc1. The van der Waals surface area contributed by atoms with E-state index in [2.05, 4.69) is 126 Å². The highest BCUT2D eigenvalue weighted by Gasteiger charge is 2.29. The monoisotopic (exact) mass is 710 g/mol. The van der Waals surface area contributed by atoms with Crippen LogP contribution >= 0.6 is 0 Å². The maximum Gasteiger partial charge on any atom is 0.0814 e. The Morgan fingerprint density at radius 2 is 0.558 bits per heavy atom. The minimum Gasteiger partial charge on any atom is -0.324 e. The molecule has 2 heteroatoms. The summed E-state index contributed by atoms with van der Waals surface area (Å²) in [5.74, 6) is 0. The molecule has 0 amide bonds. The molecule has 1 nitrogen and oxygen atoms in total. The molecule has 0 aliphatic rings. The predicted molar refractivity (Wildman–Crippen MR) is 238 cm³/mol. The van der Waals surface area contributed by atoms with E-state index in [0.717, 1.165) is 0 Å². The van der Waals surface area contributed by atoms with Gasteiger partial charge in [0.1, 0.15) is 0 Å². The Labute approximate surface area is 325 Å². The Hall–Kier alpha value is -2.32. The summed E-state index contributed by atoms with van der Waals surface area (Å²) in [4.78, 5) is 0. The van der Waals surface area contributed by atoms with Crippen LogP contribution in [-0.4, -0.2) is 36.8 Å². The molecule has 0 atom stereocenters. The molecule has 0 aliphatic heterocycles. The quantitative estimate of drug-likeness (QED) is 0.0367. The van der Waals surface area contributed by atoms with Gasteiger partial charge in [-0.2, -0.15) is 22.7 Å². The van der Waals surface area contributed by atoms with Crippen LogP contribution in [0.4, 0.5) is 0 Å². The van der Waals surface area contributed by atoms with Crippen molar-refractivity contribution in [1.29, 1.82) is 0 Å². The number of unbranched alkanes of at least 4 members (excludes halogenated alkanes) is 17. The molecule has 52 heavy (non-hydrogen) atoms. The molecule has 3 aromatic carbocycles. The van der Waals surface area contributed by atoms with Gasteiger partial charge in [0.25, 0.3) is 0 Å². The fraction of sp³-hybridized carbons (Fsp3) is 0.640. The second-order valence-electron chi connectivity index (χ2n) is 16.3. The number of hydrogen-bond acceptors (Lipinski definition) is 0. The largest absolute Gasteiger partial charge is 0.324 e. The van der Waals surface area contributed by atoms with Crippen LogP contribution < -0.4 is 16.4 Å². The number of hydrogen-bond donors (Lipinski definition) is 0. The second-order valence-corrected chi connectivity index (χ2v) is 16.3. The van der Waals surface area contributed by atoms with Crippen molar-refractivity contribution in [2.75, 3.05) is 26.2 Å². The van der Waals surface area contributed by atoms with Crippen molar-refractivity contribution in [1.82, 2.24) is 0 Å². The Balaban J connectivity index is 0.000000367. The van der Waals surface area contributed by atoms with E-state index in [0.29, 0.717) is 0 Å². The van der Waals surface area contributed by atoms with Gasteiger partial charge in [-0.25, -0.2) is 0 Å². The van der Waals surface area contributed by atoms with E-state index >= 15 is 0 Å². The first-order valence-corrected chi connectivity index (χ1v) is 22.8. The lowest BCUT2D eigenvalue weighted by atomic mass is 9.14. The van der Waals surface area contributed by atoms with Gasteiger partial charge < -0.3 is 4.48 Å². The number of nitrogens with zero attached hydrogens (tertiary/aromatic N) is 1. The smallest absolute Gasteiger partial charge is 0.0814 e. The molecule has 0 aliphatic carbocycles. The molecule has 0 fully saturated rings. The molecule has 0 radical (unpaired) electrons. The molecule has 0 saturated heterocycles. The average molecular weight is 710 g/mol. The summed E-state index contributed by atoms with van der Waals surface area (Å²) in [5.41, 5.74) is 4.33. The Bertz CT molecular complexity index is 1020. The molecular formula is C50H84BN. The molecule has 3 rings (SSSR count). The van der Waals surface area contributed by atoms with Crippen molar-refractivity contribution in [3.63, 3.8) is 0 Å². The average Bonchev–Trinajstić information content (AvgIpc) is 3.19.